The van der Waals surface area contributed by atoms with Gasteiger partial charge in [0.05, 0.1) is 23.6 Å². The number of hydrogen-bond donors (Lipinski definition) is 3. The summed E-state index contributed by atoms with van der Waals surface area (Å²) in [5, 5.41) is 8.31. The van der Waals surface area contributed by atoms with E-state index in [1.165, 1.54) is 106 Å². The van der Waals surface area contributed by atoms with Gasteiger partial charge in [-0.05, 0) is 111 Å². The van der Waals surface area contributed by atoms with E-state index in [4.69, 9.17) is 23.2 Å². The van der Waals surface area contributed by atoms with Crippen molar-refractivity contribution in [2.75, 3.05) is 76.5 Å². The van der Waals surface area contributed by atoms with Gasteiger partial charge in [-0.15, -0.1) is 0 Å². The average Bonchev–Trinajstić information content (AvgIpc) is 1.75. The monoisotopic (exact) mass is 1510 g/mol. The third-order valence-electron chi connectivity index (χ3n) is 21.4. The van der Waals surface area contributed by atoms with Crippen LogP contribution in [0.25, 0.3) is 0 Å². The third kappa shape index (κ3) is 20.8. The van der Waals surface area contributed by atoms with E-state index in [0.717, 1.165) is 32.4 Å². The van der Waals surface area contributed by atoms with Gasteiger partial charge in [0.2, 0.25) is 70.9 Å². The predicted molar refractivity (Wildman–Crippen MR) is 392 cm³/mol. The van der Waals surface area contributed by atoms with Crippen molar-refractivity contribution in [1.82, 2.24) is 60.0 Å². The van der Waals surface area contributed by atoms with Gasteiger partial charge in [0.15, 0.2) is 0 Å². The molecule has 105 heavy (non-hydrogen) atoms. The summed E-state index contributed by atoms with van der Waals surface area (Å²) in [6, 6.07) is 4.73. The number of nitrogens with one attached hydrogen (secondary N) is 3. The fraction of sp³-hybridized carbons (Fsp3) is 0.605. The van der Waals surface area contributed by atoms with Crippen LogP contribution in [0.3, 0.4) is 0 Å². The van der Waals surface area contributed by atoms with E-state index in [2.05, 4.69) is 16.0 Å². The summed E-state index contributed by atoms with van der Waals surface area (Å²) in [4.78, 5) is 192. The number of likely N-dealkylation sites (N-methyl/N-ethyl adjacent to an activating group) is 8. The Bertz CT molecular complexity index is 3670. The summed E-state index contributed by atoms with van der Waals surface area (Å²) in [6.07, 6.45) is -4.23. The van der Waals surface area contributed by atoms with Gasteiger partial charge in [0.25, 0.3) is 0 Å². The quantitative estimate of drug-likeness (QED) is 0.150. The first-order valence-corrected chi connectivity index (χ1v) is 36.8. The van der Waals surface area contributed by atoms with Gasteiger partial charge in [-0.25, -0.2) is 0 Å². The largest absolute Gasteiger partial charge is 0.417 e. The third-order valence-corrected chi connectivity index (χ3v) is 21.9. The van der Waals surface area contributed by atoms with E-state index < -0.39 is 172 Å². The van der Waals surface area contributed by atoms with Crippen molar-refractivity contribution in [1.29, 1.82) is 0 Å². The molecule has 6 rings (SSSR count). The lowest BCUT2D eigenvalue weighted by Crippen LogP contribution is -2.65. The molecule has 29 heteroatoms. The van der Waals surface area contributed by atoms with Crippen LogP contribution in [0.4, 0.5) is 13.2 Å². The standard InChI is InChI=1S/C76H107Cl2F3N12O12/c1-18-46(6)63-72(103)87(12)48(8)67(98)93-36-33-56(93)71(102)90(15)59(40-50-27-25-45(5)26-28-50)70(101)86(11)43-61(94)82-55(32-30-49-29-31-53(54(78)39-49)76(79,80)81)68(99)89(14)58(41-51-23-22-24-52(77)38-51)66(97)84-75(34-20-21-35-75)74(105)92(17)64(47(7)19-2)73(104)91(16)60(69(100)85(9)10)42-62(95)88(13)57(37-44(3)4)65(96)83-63/h22-29,31,38-39,44,46-48,55-60,63-64H,18-21,30,32-37,40-43H2,1-17H3,(H,82,94)(H,83,96)(H,84,97)/t46-,47-,48-,55-,56-,57-,58-,59-,60-,63-,64-/m0/s1. The SMILES string of the molecule is CC[C@H](C)[C@@H]1NC(=O)[C@H](CC(C)C)N(C)C(=O)C[C@@H](C(=O)N(C)C)N(C)C(=O)[C@H]([C@@H](C)CC)N(C)C(=O)C2(CCCC2)NC(=O)[C@H](Cc2cccc(Cl)c2)N(C)C(=O)[C@H](CCc2ccc(C(F)(F)F)c(Cl)c2)NC(=O)CN(C)C(=O)[C@H](Cc2ccc(C)cc2)N(C)C(=O)[C@@H]2CCN2C(=O)[C@H](C)N(C)C1=O. The van der Waals surface area contributed by atoms with E-state index >= 15 is 24.0 Å². The Balaban J connectivity index is 1.51. The fourth-order valence-electron chi connectivity index (χ4n) is 14.0. The zero-order valence-corrected chi connectivity index (χ0v) is 65.2. The molecule has 3 fully saturated rings. The molecule has 2 heterocycles. The molecular weight excluding hydrogens is 1400 g/mol. The lowest BCUT2D eigenvalue weighted by Gasteiger charge is -2.45. The number of alkyl halides is 3. The van der Waals surface area contributed by atoms with Gasteiger partial charge in [-0.3, -0.25) is 57.5 Å². The zero-order valence-electron chi connectivity index (χ0n) is 63.7. The molecule has 3 aromatic carbocycles. The van der Waals surface area contributed by atoms with Crippen LogP contribution in [0.2, 0.25) is 10.0 Å². The highest BCUT2D eigenvalue weighted by Gasteiger charge is 2.51. The van der Waals surface area contributed by atoms with Gasteiger partial charge in [-0.1, -0.05) is 138 Å². The number of fused-ring (bicyclic) bond motifs is 1. The molecule has 3 N–H and O–H groups in total. The van der Waals surface area contributed by atoms with E-state index in [9.17, 15) is 46.7 Å². The number of rotatable bonds is 14. The molecule has 1 aliphatic carbocycles. The van der Waals surface area contributed by atoms with Gasteiger partial charge in [-0.2, -0.15) is 13.2 Å². The molecule has 578 valence electrons. The number of carbonyl (C=O) groups is 12. The number of amides is 12. The molecule has 3 aromatic rings. The summed E-state index contributed by atoms with van der Waals surface area (Å²) >= 11 is 12.7. The van der Waals surface area contributed by atoms with Crippen molar-refractivity contribution in [3.05, 3.63) is 105 Å². The number of hydrogen-bond acceptors (Lipinski definition) is 12. The number of nitrogens with zero attached hydrogens (tertiary/aromatic N) is 9. The second kappa shape index (κ2) is 36.8. The molecular formula is C76H107Cl2F3N12O12. The molecule has 2 aliphatic heterocycles. The van der Waals surface area contributed by atoms with Crippen LogP contribution in [-0.2, 0) is 83.0 Å². The lowest BCUT2D eigenvalue weighted by atomic mass is 9.90. The maximum atomic E-state index is 15.7. The Morgan fingerprint density at radius 2 is 1.25 bits per heavy atom. The van der Waals surface area contributed by atoms with Gasteiger partial charge >= 0.3 is 6.18 Å². The Kier molecular flexibility index (Phi) is 30.0. The van der Waals surface area contributed by atoms with E-state index in [0.29, 0.717) is 36.8 Å². The normalized spacial score (nSPS) is 24.8. The Hall–Kier alpha value is -8.33. The number of benzene rings is 3. The molecule has 11 atom stereocenters. The second-order valence-electron chi connectivity index (χ2n) is 29.5. The first-order valence-electron chi connectivity index (χ1n) is 36.0. The maximum absolute atomic E-state index is 15.7. The van der Waals surface area contributed by atoms with E-state index in [1.807, 2.05) is 39.8 Å². The Morgan fingerprint density at radius 3 is 1.80 bits per heavy atom. The molecule has 2 saturated heterocycles. The molecule has 3 aliphatic rings. The molecule has 24 nitrogen and oxygen atoms in total. The highest BCUT2D eigenvalue weighted by atomic mass is 35.5. The molecule has 12 amide bonds. The van der Waals surface area contributed by atoms with Crippen molar-refractivity contribution in [3.63, 3.8) is 0 Å². The van der Waals surface area contributed by atoms with E-state index in [-0.39, 0.29) is 74.4 Å². The summed E-state index contributed by atoms with van der Waals surface area (Å²) < 4.78 is 42.0. The van der Waals surface area contributed by atoms with Crippen molar-refractivity contribution < 1.29 is 70.7 Å². The smallest absolute Gasteiger partial charge is 0.347 e. The van der Waals surface area contributed by atoms with Crippen LogP contribution < -0.4 is 16.0 Å². The van der Waals surface area contributed by atoms with Crippen LogP contribution >= 0.6 is 23.2 Å². The number of halogens is 5. The topological polar surface area (TPSA) is 270 Å². The number of aryl methyl sites for hydroxylation is 2. The van der Waals surface area contributed by atoms with Crippen LogP contribution in [0.15, 0.2) is 66.7 Å². The molecule has 0 aromatic heterocycles. The van der Waals surface area contributed by atoms with Crippen molar-refractivity contribution in [2.45, 2.75) is 205 Å². The van der Waals surface area contributed by atoms with Gasteiger partial charge in [0.1, 0.15) is 59.9 Å². The van der Waals surface area contributed by atoms with Gasteiger partial charge < -0.3 is 60.0 Å². The number of carbonyl (C=O) groups excluding carboxylic acids is 12. The summed E-state index contributed by atoms with van der Waals surface area (Å²) in [6.45, 7) is 13.5. The van der Waals surface area contributed by atoms with Crippen molar-refractivity contribution in [2.24, 2.45) is 17.8 Å². The fourth-order valence-corrected chi connectivity index (χ4v) is 14.5. The predicted octanol–water partition coefficient (Wildman–Crippen LogP) is 6.81. The highest BCUT2D eigenvalue weighted by molar-refractivity contribution is 6.31. The summed E-state index contributed by atoms with van der Waals surface area (Å²) in [7, 11) is 12.5. The van der Waals surface area contributed by atoms with Crippen molar-refractivity contribution in [3.8, 4) is 0 Å². The zero-order chi connectivity index (χ0) is 78.6. The van der Waals surface area contributed by atoms with Crippen LogP contribution in [0, 0.1) is 24.7 Å². The minimum absolute atomic E-state index is 0.0717. The van der Waals surface area contributed by atoms with E-state index in [1.54, 1.807) is 57.2 Å². The minimum atomic E-state index is -4.80. The summed E-state index contributed by atoms with van der Waals surface area (Å²) in [5.41, 5.74) is -0.585. The summed E-state index contributed by atoms with van der Waals surface area (Å²) in [5.74, 6) is -10.1. The minimum Gasteiger partial charge on any atom is -0.347 e. The first kappa shape index (κ1) is 85.6. The highest BCUT2D eigenvalue weighted by Crippen LogP contribution is 2.37. The first-order chi connectivity index (χ1) is 49.1. The van der Waals surface area contributed by atoms with Crippen molar-refractivity contribution >= 4 is 94.1 Å². The average molecular weight is 1510 g/mol. The lowest BCUT2D eigenvalue weighted by molar-refractivity contribution is -0.160. The van der Waals surface area contributed by atoms with Crippen LogP contribution in [0.1, 0.15) is 140 Å². The molecule has 0 radical (unpaired) electrons. The van der Waals surface area contributed by atoms with Crippen LogP contribution in [-0.4, -0.2) is 251 Å². The second-order valence-corrected chi connectivity index (χ2v) is 30.4. The van der Waals surface area contributed by atoms with Gasteiger partial charge in [0, 0.05) is 87.8 Å². The molecule has 1 spiro atoms. The maximum Gasteiger partial charge on any atom is 0.417 e. The molecule has 0 bridgehead atoms. The molecule has 0 unspecified atom stereocenters. The Morgan fingerprint density at radius 1 is 0.648 bits per heavy atom. The van der Waals surface area contributed by atoms with Crippen LogP contribution in [0.5, 0.6) is 0 Å². The molecule has 1 saturated carbocycles. The Labute approximate surface area is 625 Å².